The van der Waals surface area contributed by atoms with E-state index < -0.39 is 23.6 Å². The van der Waals surface area contributed by atoms with Crippen LogP contribution in [0.4, 0.5) is 13.2 Å². The number of hydrogen-bond donors (Lipinski definition) is 1. The summed E-state index contributed by atoms with van der Waals surface area (Å²) in [7, 11) is 0. The van der Waals surface area contributed by atoms with E-state index in [0.717, 1.165) is 12.1 Å². The predicted octanol–water partition coefficient (Wildman–Crippen LogP) is 3.60. The van der Waals surface area contributed by atoms with Crippen LogP contribution in [-0.2, 0) is 17.4 Å². The molecule has 100 valence electrons. The van der Waals surface area contributed by atoms with Gasteiger partial charge >= 0.3 is 12.1 Å². The Hall–Kier alpha value is -1.52. The van der Waals surface area contributed by atoms with Crippen molar-refractivity contribution in [3.8, 4) is 0 Å². The molecule has 1 aromatic rings. The van der Waals surface area contributed by atoms with Gasteiger partial charge in [-0.15, -0.1) is 0 Å². The first-order valence-electron chi connectivity index (χ1n) is 5.60. The van der Waals surface area contributed by atoms with Gasteiger partial charge in [-0.2, -0.15) is 13.2 Å². The Morgan fingerprint density at radius 1 is 1.22 bits per heavy atom. The van der Waals surface area contributed by atoms with Gasteiger partial charge in [-0.1, -0.05) is 26.0 Å². The predicted molar refractivity (Wildman–Crippen MR) is 61.1 cm³/mol. The molecule has 0 aromatic heterocycles. The number of rotatable bonds is 4. The highest BCUT2D eigenvalue weighted by Gasteiger charge is 2.30. The summed E-state index contributed by atoms with van der Waals surface area (Å²) in [6.45, 7) is 3.56. The Morgan fingerprint density at radius 2 is 1.72 bits per heavy atom. The van der Waals surface area contributed by atoms with Crippen LogP contribution in [0.3, 0.4) is 0 Å². The minimum Gasteiger partial charge on any atom is -0.481 e. The summed E-state index contributed by atoms with van der Waals surface area (Å²) in [5, 5.41) is 9.01. The molecule has 1 atom stereocenters. The van der Waals surface area contributed by atoms with Crippen LogP contribution in [0.1, 0.15) is 25.0 Å². The average Bonchev–Trinajstić information content (AvgIpc) is 2.24. The maximum absolute atomic E-state index is 12.3. The summed E-state index contributed by atoms with van der Waals surface area (Å²) in [5.74, 6) is -1.57. The van der Waals surface area contributed by atoms with E-state index in [1.165, 1.54) is 12.1 Å². The molecule has 0 heterocycles. The smallest absolute Gasteiger partial charge is 0.416 e. The summed E-state index contributed by atoms with van der Waals surface area (Å²) in [6.07, 6.45) is -4.12. The molecule has 2 nitrogen and oxygen atoms in total. The highest BCUT2D eigenvalue weighted by molar-refractivity contribution is 5.70. The maximum atomic E-state index is 12.3. The van der Waals surface area contributed by atoms with Gasteiger partial charge in [-0.3, -0.25) is 4.79 Å². The zero-order chi connectivity index (χ0) is 13.9. The van der Waals surface area contributed by atoms with Crippen LogP contribution in [0.25, 0.3) is 0 Å². The molecular weight excluding hydrogens is 245 g/mol. The van der Waals surface area contributed by atoms with E-state index >= 15 is 0 Å². The lowest BCUT2D eigenvalue weighted by molar-refractivity contribution is -0.143. The molecule has 0 aliphatic heterocycles. The van der Waals surface area contributed by atoms with Crippen LogP contribution in [0.5, 0.6) is 0 Å². The third kappa shape index (κ3) is 3.75. The standard InChI is InChI=1S/C13H15F3O2/c1-8(2)11(12(17)18)7-9-3-5-10(6-4-9)13(14,15)16/h3-6,8,11H,7H2,1-2H3,(H,17,18). The molecule has 1 N–H and O–H groups in total. The normalized spacial score (nSPS) is 13.7. The van der Waals surface area contributed by atoms with E-state index in [1.807, 2.05) is 0 Å². The van der Waals surface area contributed by atoms with Gasteiger partial charge < -0.3 is 5.11 Å². The number of carboxylic acid groups (broad SMARTS) is 1. The summed E-state index contributed by atoms with van der Waals surface area (Å²) in [6, 6.07) is 4.63. The number of benzene rings is 1. The maximum Gasteiger partial charge on any atom is 0.416 e. The van der Waals surface area contributed by atoms with E-state index in [4.69, 9.17) is 5.11 Å². The van der Waals surface area contributed by atoms with Gasteiger partial charge in [0.25, 0.3) is 0 Å². The van der Waals surface area contributed by atoms with Crippen molar-refractivity contribution in [2.75, 3.05) is 0 Å². The summed E-state index contributed by atoms with van der Waals surface area (Å²) in [4.78, 5) is 11.0. The molecule has 18 heavy (non-hydrogen) atoms. The molecular formula is C13H15F3O2. The molecule has 0 radical (unpaired) electrons. The number of halogens is 3. The van der Waals surface area contributed by atoms with E-state index in [1.54, 1.807) is 13.8 Å². The van der Waals surface area contributed by atoms with Crippen LogP contribution in [0.15, 0.2) is 24.3 Å². The Bertz CT molecular complexity index is 407. The fraction of sp³-hybridized carbons (Fsp3) is 0.462. The highest BCUT2D eigenvalue weighted by atomic mass is 19.4. The molecule has 5 heteroatoms. The number of hydrogen-bond acceptors (Lipinski definition) is 1. The first-order chi connectivity index (χ1) is 8.21. The van der Waals surface area contributed by atoms with Crippen molar-refractivity contribution in [3.63, 3.8) is 0 Å². The third-order valence-electron chi connectivity index (χ3n) is 2.86. The van der Waals surface area contributed by atoms with Crippen molar-refractivity contribution < 1.29 is 23.1 Å². The molecule has 0 fully saturated rings. The largest absolute Gasteiger partial charge is 0.481 e. The molecule has 0 spiro atoms. The van der Waals surface area contributed by atoms with E-state index in [0.29, 0.717) is 5.56 Å². The lowest BCUT2D eigenvalue weighted by Crippen LogP contribution is -2.22. The van der Waals surface area contributed by atoms with Gasteiger partial charge in [0.05, 0.1) is 11.5 Å². The molecule has 1 rings (SSSR count). The summed E-state index contributed by atoms with van der Waals surface area (Å²) < 4.78 is 37.0. The van der Waals surface area contributed by atoms with Gasteiger partial charge in [0, 0.05) is 0 Å². The topological polar surface area (TPSA) is 37.3 Å². The van der Waals surface area contributed by atoms with Crippen molar-refractivity contribution in [2.24, 2.45) is 11.8 Å². The van der Waals surface area contributed by atoms with Gasteiger partial charge in [0.15, 0.2) is 0 Å². The summed E-state index contributed by atoms with van der Waals surface area (Å²) in [5.41, 5.74) is -0.119. The Balaban J connectivity index is 2.83. The first kappa shape index (κ1) is 14.5. The van der Waals surface area contributed by atoms with Crippen LogP contribution in [-0.4, -0.2) is 11.1 Å². The van der Waals surface area contributed by atoms with Crippen molar-refractivity contribution in [3.05, 3.63) is 35.4 Å². The second kappa shape index (κ2) is 5.42. The fourth-order valence-electron chi connectivity index (χ4n) is 1.69. The van der Waals surface area contributed by atoms with Crippen molar-refractivity contribution >= 4 is 5.97 Å². The molecule has 1 unspecified atom stereocenters. The fourth-order valence-corrected chi connectivity index (χ4v) is 1.69. The monoisotopic (exact) mass is 260 g/mol. The quantitative estimate of drug-likeness (QED) is 0.898. The molecule has 1 aromatic carbocycles. The molecule has 0 aliphatic carbocycles. The summed E-state index contributed by atoms with van der Waals surface area (Å²) >= 11 is 0. The lowest BCUT2D eigenvalue weighted by Gasteiger charge is -2.16. The Morgan fingerprint density at radius 3 is 2.06 bits per heavy atom. The van der Waals surface area contributed by atoms with Crippen LogP contribution >= 0.6 is 0 Å². The molecule has 0 bridgehead atoms. The second-order valence-electron chi connectivity index (χ2n) is 4.59. The van der Waals surface area contributed by atoms with Gasteiger partial charge in [-0.05, 0) is 30.0 Å². The Labute approximate surface area is 103 Å². The first-order valence-corrected chi connectivity index (χ1v) is 5.60. The molecule has 0 saturated carbocycles. The van der Waals surface area contributed by atoms with Gasteiger partial charge in [-0.25, -0.2) is 0 Å². The third-order valence-corrected chi connectivity index (χ3v) is 2.86. The Kier molecular flexibility index (Phi) is 4.38. The highest BCUT2D eigenvalue weighted by Crippen LogP contribution is 2.29. The number of carboxylic acids is 1. The van der Waals surface area contributed by atoms with E-state index in [2.05, 4.69) is 0 Å². The number of alkyl halides is 3. The van der Waals surface area contributed by atoms with Gasteiger partial charge in [0.2, 0.25) is 0 Å². The average molecular weight is 260 g/mol. The number of carbonyl (C=O) groups is 1. The zero-order valence-corrected chi connectivity index (χ0v) is 10.2. The minimum absolute atomic E-state index is 0.0650. The van der Waals surface area contributed by atoms with E-state index in [-0.39, 0.29) is 12.3 Å². The molecule has 0 amide bonds. The second-order valence-corrected chi connectivity index (χ2v) is 4.59. The van der Waals surface area contributed by atoms with Crippen molar-refractivity contribution in [1.29, 1.82) is 0 Å². The van der Waals surface area contributed by atoms with E-state index in [9.17, 15) is 18.0 Å². The van der Waals surface area contributed by atoms with Gasteiger partial charge in [0.1, 0.15) is 0 Å². The van der Waals surface area contributed by atoms with Crippen LogP contribution in [0, 0.1) is 11.8 Å². The van der Waals surface area contributed by atoms with Crippen LogP contribution < -0.4 is 0 Å². The SMILES string of the molecule is CC(C)C(Cc1ccc(C(F)(F)F)cc1)C(=O)O. The zero-order valence-electron chi connectivity index (χ0n) is 10.2. The van der Waals surface area contributed by atoms with Crippen molar-refractivity contribution in [1.82, 2.24) is 0 Å². The molecule has 0 aliphatic rings. The molecule has 0 saturated heterocycles. The number of aliphatic carboxylic acids is 1. The lowest BCUT2D eigenvalue weighted by atomic mass is 9.89. The minimum atomic E-state index is -4.36. The van der Waals surface area contributed by atoms with Crippen LogP contribution in [0.2, 0.25) is 0 Å². The van der Waals surface area contributed by atoms with Crippen molar-refractivity contribution in [2.45, 2.75) is 26.4 Å².